The minimum Gasteiger partial charge on any atom is -0.271 e. The first-order valence-corrected chi connectivity index (χ1v) is 11.0. The minimum absolute atomic E-state index is 0.0253. The van der Waals surface area contributed by atoms with Crippen molar-refractivity contribution in [3.63, 3.8) is 0 Å². The highest BCUT2D eigenvalue weighted by Crippen LogP contribution is 2.37. The molecule has 1 unspecified atom stereocenters. The van der Waals surface area contributed by atoms with Crippen LogP contribution in [0, 0.1) is 0 Å². The number of hydrazine groups is 1. The Morgan fingerprint density at radius 3 is 2.44 bits per heavy atom. The second kappa shape index (κ2) is 7.90. The van der Waals surface area contributed by atoms with Gasteiger partial charge in [-0.15, -0.1) is 4.83 Å². The number of nitrogens with one attached hydrogen (secondary N) is 1. The van der Waals surface area contributed by atoms with Crippen molar-refractivity contribution >= 4 is 73.0 Å². The lowest BCUT2D eigenvalue weighted by molar-refractivity contribution is -0.126. The van der Waals surface area contributed by atoms with E-state index in [2.05, 4.69) is 11.4 Å². The number of halogens is 2. The van der Waals surface area contributed by atoms with Gasteiger partial charge in [-0.25, -0.2) is 13.4 Å². The summed E-state index contributed by atoms with van der Waals surface area (Å²) in [6.45, 7) is 3.94. The van der Waals surface area contributed by atoms with E-state index in [-0.39, 0.29) is 9.22 Å². The van der Waals surface area contributed by atoms with Gasteiger partial charge in [-0.1, -0.05) is 78.0 Å². The highest BCUT2D eigenvalue weighted by atomic mass is 35.5. The third-order valence-corrected chi connectivity index (χ3v) is 7.35. The first-order chi connectivity index (χ1) is 12.7. The number of amides is 1. The van der Waals surface area contributed by atoms with Crippen LogP contribution < -0.4 is 4.83 Å². The maximum absolute atomic E-state index is 12.8. The van der Waals surface area contributed by atoms with E-state index < -0.39 is 21.2 Å². The van der Waals surface area contributed by atoms with Gasteiger partial charge in [0.2, 0.25) is 0 Å². The maximum Gasteiger partial charge on any atom is 0.261 e. The molecule has 0 radical (unpaired) electrons. The normalized spacial score (nSPS) is 17.4. The third kappa shape index (κ3) is 4.21. The van der Waals surface area contributed by atoms with Crippen LogP contribution in [0.3, 0.4) is 0 Å². The summed E-state index contributed by atoms with van der Waals surface area (Å²) in [7, 11) is -3.95. The predicted octanol–water partition coefficient (Wildman–Crippen LogP) is 4.13. The summed E-state index contributed by atoms with van der Waals surface area (Å²) in [6.07, 6.45) is 0. The molecule has 2 aromatic carbocycles. The molecule has 5 nitrogen and oxygen atoms in total. The Morgan fingerprint density at radius 1 is 1.15 bits per heavy atom. The largest absolute Gasteiger partial charge is 0.271 e. The number of nitrogens with zero attached hydrogens (tertiary/aromatic N) is 1. The van der Waals surface area contributed by atoms with E-state index in [9.17, 15) is 13.2 Å². The zero-order valence-corrected chi connectivity index (χ0v) is 17.5. The fraction of sp³-hybridized carbons (Fsp3) is 0.0588. The Hall–Kier alpha value is -1.42. The molecular formula is C17H12Cl2N2O3S3. The Kier molecular flexibility index (Phi) is 5.95. The van der Waals surface area contributed by atoms with Crippen LogP contribution in [0.4, 0.5) is 0 Å². The van der Waals surface area contributed by atoms with Crippen molar-refractivity contribution in [1.29, 1.82) is 0 Å². The summed E-state index contributed by atoms with van der Waals surface area (Å²) in [4.78, 5) is 15.0. The molecule has 0 aromatic heterocycles. The number of thioether (sulfide) groups is 1. The summed E-state index contributed by atoms with van der Waals surface area (Å²) in [5.74, 6) is -0.527. The Morgan fingerprint density at radius 2 is 1.81 bits per heavy atom. The van der Waals surface area contributed by atoms with E-state index in [0.717, 1.165) is 16.8 Å². The lowest BCUT2D eigenvalue weighted by atomic mass is 10.0. The van der Waals surface area contributed by atoms with E-state index >= 15 is 0 Å². The number of thiocarbonyl (C=S) groups is 1. The Labute approximate surface area is 176 Å². The monoisotopic (exact) mass is 458 g/mol. The van der Waals surface area contributed by atoms with Crippen LogP contribution in [-0.4, -0.2) is 28.9 Å². The smallest absolute Gasteiger partial charge is 0.261 e. The molecule has 10 heteroatoms. The lowest BCUT2D eigenvalue weighted by Crippen LogP contribution is -2.46. The number of carbonyl (C=O) groups is 1. The van der Waals surface area contributed by atoms with Gasteiger partial charge in [-0.2, -0.15) is 0 Å². The van der Waals surface area contributed by atoms with E-state index in [1.807, 2.05) is 0 Å². The molecule has 3 rings (SSSR count). The zero-order valence-electron chi connectivity index (χ0n) is 13.6. The Bertz CT molecular complexity index is 1040. The van der Waals surface area contributed by atoms with Gasteiger partial charge < -0.3 is 0 Å². The molecule has 1 aliphatic heterocycles. The van der Waals surface area contributed by atoms with Crippen molar-refractivity contribution in [2.45, 2.75) is 10.1 Å². The topological polar surface area (TPSA) is 66.5 Å². The fourth-order valence-electron chi connectivity index (χ4n) is 2.33. The number of rotatable bonds is 5. The molecule has 1 N–H and O–H groups in total. The van der Waals surface area contributed by atoms with Crippen molar-refractivity contribution < 1.29 is 13.2 Å². The van der Waals surface area contributed by atoms with Gasteiger partial charge in [0, 0.05) is 0 Å². The third-order valence-electron chi connectivity index (χ3n) is 3.72. The number of carbonyl (C=O) groups excluding carboxylic acids is 1. The summed E-state index contributed by atoms with van der Waals surface area (Å²) in [6, 6.07) is 12.6. The molecule has 27 heavy (non-hydrogen) atoms. The summed E-state index contributed by atoms with van der Waals surface area (Å²) < 4.78 is 25.0. The number of benzene rings is 2. The molecule has 1 aliphatic rings. The molecule has 1 saturated heterocycles. The van der Waals surface area contributed by atoms with Gasteiger partial charge in [-0.05, 0) is 35.4 Å². The van der Waals surface area contributed by atoms with Gasteiger partial charge in [0.1, 0.15) is 5.25 Å². The van der Waals surface area contributed by atoms with Crippen LogP contribution >= 0.6 is 47.2 Å². The molecule has 1 heterocycles. The van der Waals surface area contributed by atoms with Crippen molar-refractivity contribution in [1.82, 2.24) is 9.84 Å². The van der Waals surface area contributed by atoms with E-state index in [1.165, 1.54) is 12.1 Å². The first-order valence-electron chi connectivity index (χ1n) is 7.47. The van der Waals surface area contributed by atoms with E-state index in [1.54, 1.807) is 36.4 Å². The van der Waals surface area contributed by atoms with Crippen LogP contribution in [0.1, 0.15) is 5.56 Å². The maximum atomic E-state index is 12.8. The van der Waals surface area contributed by atoms with Gasteiger partial charge in [-0.3, -0.25) is 4.79 Å². The molecule has 1 fully saturated rings. The number of sulfonamides is 1. The van der Waals surface area contributed by atoms with Crippen molar-refractivity contribution in [3.05, 3.63) is 70.7 Å². The fourth-order valence-corrected chi connectivity index (χ4v) is 5.14. The average Bonchev–Trinajstić information content (AvgIpc) is 2.92. The molecule has 0 spiro atoms. The SMILES string of the molecule is C=C(c1ccc(Cl)c(Cl)c1)C1SC(=S)N(NS(=O)(=O)c2ccccc2)C1=O. The lowest BCUT2D eigenvalue weighted by Gasteiger charge is -2.17. The van der Waals surface area contributed by atoms with Gasteiger partial charge >= 0.3 is 0 Å². The van der Waals surface area contributed by atoms with Gasteiger partial charge in [0.15, 0.2) is 4.32 Å². The van der Waals surface area contributed by atoms with E-state index in [4.69, 9.17) is 35.4 Å². The standard InChI is InChI=1S/C17H12Cl2N2O3S3/c1-10(11-7-8-13(18)14(19)9-11)15-16(22)21(17(25)26-15)20-27(23,24)12-5-3-2-4-6-12/h2-9,15,20H,1H2. The second-order valence-electron chi connectivity index (χ2n) is 5.50. The molecule has 1 amide bonds. The zero-order chi connectivity index (χ0) is 19.8. The van der Waals surface area contributed by atoms with Gasteiger partial charge in [0.25, 0.3) is 15.9 Å². The quantitative estimate of drug-likeness (QED) is 0.682. The second-order valence-corrected chi connectivity index (χ2v) is 9.71. The average molecular weight is 459 g/mol. The van der Waals surface area contributed by atoms with Gasteiger partial charge in [0.05, 0.1) is 14.9 Å². The number of hydrogen-bond acceptors (Lipinski definition) is 5. The summed E-state index contributed by atoms with van der Waals surface area (Å²) in [5.41, 5.74) is 1.07. The highest BCUT2D eigenvalue weighted by Gasteiger charge is 2.41. The Balaban J connectivity index is 1.83. The van der Waals surface area contributed by atoms with Crippen LogP contribution in [0.25, 0.3) is 5.57 Å². The molecular weight excluding hydrogens is 447 g/mol. The predicted molar refractivity (Wildman–Crippen MR) is 113 cm³/mol. The highest BCUT2D eigenvalue weighted by molar-refractivity contribution is 8.24. The molecule has 2 aromatic rings. The molecule has 1 atom stereocenters. The van der Waals surface area contributed by atoms with E-state index in [0.29, 0.717) is 21.2 Å². The minimum atomic E-state index is -3.95. The molecule has 0 bridgehead atoms. The number of hydrogen-bond donors (Lipinski definition) is 1. The summed E-state index contributed by atoms with van der Waals surface area (Å²) in [5, 5.41) is 0.796. The molecule has 0 saturated carbocycles. The first kappa shape index (κ1) is 20.3. The van der Waals surface area contributed by atoms with Crippen LogP contribution in [0.5, 0.6) is 0 Å². The van der Waals surface area contributed by atoms with Crippen molar-refractivity contribution in [2.75, 3.05) is 0 Å². The van der Waals surface area contributed by atoms with Crippen molar-refractivity contribution in [3.8, 4) is 0 Å². The molecule has 0 aliphatic carbocycles. The molecule has 140 valence electrons. The van der Waals surface area contributed by atoms with Crippen molar-refractivity contribution in [2.24, 2.45) is 0 Å². The van der Waals surface area contributed by atoms with Crippen LogP contribution in [0.2, 0.25) is 10.0 Å². The van der Waals surface area contributed by atoms with Crippen LogP contribution in [0.15, 0.2) is 60.0 Å². The van der Waals surface area contributed by atoms with Crippen LogP contribution in [-0.2, 0) is 14.8 Å². The summed E-state index contributed by atoms with van der Waals surface area (Å²) >= 11 is 18.1.